The Hall–Kier alpha value is -2.23. The molecule has 0 radical (unpaired) electrons. The summed E-state index contributed by atoms with van der Waals surface area (Å²) >= 11 is 0. The molecule has 0 fully saturated rings. The number of carboxylic acid groups (broad SMARTS) is 1. The molecule has 0 amide bonds. The maximum absolute atomic E-state index is 13.4. The van der Waals surface area contributed by atoms with Gasteiger partial charge in [0.1, 0.15) is 5.82 Å². The number of nitrogens with zero attached hydrogens (tertiary/aromatic N) is 1. The Morgan fingerprint density at radius 2 is 2.00 bits per heavy atom. The lowest BCUT2D eigenvalue weighted by atomic mass is 10.1. The minimum Gasteiger partial charge on any atom is -0.478 e. The van der Waals surface area contributed by atoms with Crippen molar-refractivity contribution >= 4 is 5.97 Å². The predicted molar refractivity (Wildman–Crippen MR) is 56.6 cm³/mol. The SMILES string of the molecule is O=C(O)c1ccnc(-c2ccccc2F)c1. The molecule has 80 valence electrons. The number of pyridine rings is 1. The average molecular weight is 217 g/mol. The van der Waals surface area contributed by atoms with Crippen molar-refractivity contribution in [3.63, 3.8) is 0 Å². The number of hydrogen-bond donors (Lipinski definition) is 1. The number of benzene rings is 1. The quantitative estimate of drug-likeness (QED) is 0.841. The number of halogens is 1. The van der Waals surface area contributed by atoms with E-state index >= 15 is 0 Å². The van der Waals surface area contributed by atoms with Crippen molar-refractivity contribution in [2.75, 3.05) is 0 Å². The van der Waals surface area contributed by atoms with Gasteiger partial charge in [-0.3, -0.25) is 4.98 Å². The molecule has 0 aliphatic carbocycles. The molecule has 16 heavy (non-hydrogen) atoms. The van der Waals surface area contributed by atoms with E-state index in [9.17, 15) is 9.18 Å². The Kier molecular flexibility index (Phi) is 2.64. The molecule has 0 bridgehead atoms. The molecule has 2 rings (SSSR count). The first-order valence-electron chi connectivity index (χ1n) is 4.63. The van der Waals surface area contributed by atoms with Crippen LogP contribution in [0.25, 0.3) is 11.3 Å². The van der Waals surface area contributed by atoms with Crippen molar-refractivity contribution in [2.24, 2.45) is 0 Å². The fourth-order valence-corrected chi connectivity index (χ4v) is 1.38. The van der Waals surface area contributed by atoms with Gasteiger partial charge in [0.05, 0.1) is 11.3 Å². The third-order valence-electron chi connectivity index (χ3n) is 2.16. The Balaban J connectivity index is 2.53. The standard InChI is InChI=1S/C12H8FNO2/c13-10-4-2-1-3-9(10)11-7-8(12(15)16)5-6-14-11/h1-7H,(H,15,16). The molecular weight excluding hydrogens is 209 g/mol. The molecule has 3 nitrogen and oxygen atoms in total. The van der Waals surface area contributed by atoms with Crippen LogP contribution in [-0.2, 0) is 0 Å². The second kappa shape index (κ2) is 4.10. The molecule has 1 heterocycles. The summed E-state index contributed by atoms with van der Waals surface area (Å²) in [4.78, 5) is 14.7. The molecule has 1 N–H and O–H groups in total. The second-order valence-corrected chi connectivity index (χ2v) is 3.21. The van der Waals surface area contributed by atoms with E-state index in [1.165, 1.54) is 24.4 Å². The van der Waals surface area contributed by atoms with E-state index in [-0.39, 0.29) is 5.56 Å². The first-order valence-corrected chi connectivity index (χ1v) is 4.63. The number of carbonyl (C=O) groups is 1. The minimum atomic E-state index is -1.06. The van der Waals surface area contributed by atoms with Gasteiger partial charge in [-0.25, -0.2) is 9.18 Å². The van der Waals surface area contributed by atoms with Crippen LogP contribution in [0.2, 0.25) is 0 Å². The average Bonchev–Trinajstić information content (AvgIpc) is 2.30. The third-order valence-corrected chi connectivity index (χ3v) is 2.16. The Bertz CT molecular complexity index is 540. The van der Waals surface area contributed by atoms with Gasteiger partial charge in [-0.05, 0) is 24.3 Å². The maximum atomic E-state index is 13.4. The van der Waals surface area contributed by atoms with E-state index in [0.29, 0.717) is 11.3 Å². The smallest absolute Gasteiger partial charge is 0.335 e. The number of rotatable bonds is 2. The number of aromatic carboxylic acids is 1. The molecule has 0 saturated carbocycles. The Labute approximate surface area is 91.2 Å². The summed E-state index contributed by atoms with van der Waals surface area (Å²) in [5, 5.41) is 8.80. The van der Waals surface area contributed by atoms with Crippen LogP contribution < -0.4 is 0 Å². The van der Waals surface area contributed by atoms with Crippen LogP contribution in [0.15, 0.2) is 42.6 Å². The fraction of sp³-hybridized carbons (Fsp3) is 0. The zero-order chi connectivity index (χ0) is 11.5. The first-order chi connectivity index (χ1) is 7.68. The molecule has 1 aromatic heterocycles. The van der Waals surface area contributed by atoms with Gasteiger partial charge in [-0.2, -0.15) is 0 Å². The van der Waals surface area contributed by atoms with Gasteiger partial charge in [0.15, 0.2) is 0 Å². The summed E-state index contributed by atoms with van der Waals surface area (Å²) in [6.07, 6.45) is 1.35. The topological polar surface area (TPSA) is 50.2 Å². The Morgan fingerprint density at radius 3 is 2.69 bits per heavy atom. The summed E-state index contributed by atoms with van der Waals surface area (Å²) in [5.41, 5.74) is 0.705. The first kappa shape index (κ1) is 10.3. The Morgan fingerprint density at radius 1 is 1.25 bits per heavy atom. The predicted octanol–water partition coefficient (Wildman–Crippen LogP) is 2.59. The van der Waals surface area contributed by atoms with Crippen LogP contribution in [0.3, 0.4) is 0 Å². The summed E-state index contributed by atoms with van der Waals surface area (Å²) < 4.78 is 13.4. The van der Waals surface area contributed by atoms with Crippen molar-refractivity contribution in [3.8, 4) is 11.3 Å². The van der Waals surface area contributed by atoms with Gasteiger partial charge in [0.2, 0.25) is 0 Å². The van der Waals surface area contributed by atoms with Crippen molar-refractivity contribution in [2.45, 2.75) is 0 Å². The zero-order valence-corrected chi connectivity index (χ0v) is 8.22. The lowest BCUT2D eigenvalue weighted by Crippen LogP contribution is -1.97. The van der Waals surface area contributed by atoms with Crippen LogP contribution in [0.4, 0.5) is 4.39 Å². The molecule has 2 aromatic rings. The van der Waals surface area contributed by atoms with Gasteiger partial charge in [0, 0.05) is 11.8 Å². The van der Waals surface area contributed by atoms with E-state index in [1.54, 1.807) is 18.2 Å². The third kappa shape index (κ3) is 1.91. The number of hydrogen-bond acceptors (Lipinski definition) is 2. The highest BCUT2D eigenvalue weighted by Crippen LogP contribution is 2.20. The highest BCUT2D eigenvalue weighted by molar-refractivity contribution is 5.88. The molecule has 0 saturated heterocycles. The lowest BCUT2D eigenvalue weighted by Gasteiger charge is -2.02. The number of carboxylic acids is 1. The van der Waals surface area contributed by atoms with Crippen LogP contribution in [0, 0.1) is 5.82 Å². The second-order valence-electron chi connectivity index (χ2n) is 3.21. The van der Waals surface area contributed by atoms with Crippen molar-refractivity contribution < 1.29 is 14.3 Å². The maximum Gasteiger partial charge on any atom is 0.335 e. The van der Waals surface area contributed by atoms with Gasteiger partial charge in [0.25, 0.3) is 0 Å². The summed E-state index contributed by atoms with van der Waals surface area (Å²) in [6, 6.07) is 8.83. The van der Waals surface area contributed by atoms with Crippen LogP contribution in [-0.4, -0.2) is 16.1 Å². The van der Waals surface area contributed by atoms with Crippen LogP contribution in [0.1, 0.15) is 10.4 Å². The summed E-state index contributed by atoms with van der Waals surface area (Å²) in [6.45, 7) is 0. The van der Waals surface area contributed by atoms with Crippen LogP contribution in [0.5, 0.6) is 0 Å². The minimum absolute atomic E-state index is 0.0910. The van der Waals surface area contributed by atoms with Crippen molar-refractivity contribution in [1.29, 1.82) is 0 Å². The van der Waals surface area contributed by atoms with Gasteiger partial charge >= 0.3 is 5.97 Å². The molecular formula is C12H8FNO2. The van der Waals surface area contributed by atoms with Crippen LogP contribution >= 0.6 is 0 Å². The van der Waals surface area contributed by atoms with Crippen molar-refractivity contribution in [1.82, 2.24) is 4.98 Å². The normalized spacial score (nSPS) is 10.1. The van der Waals surface area contributed by atoms with E-state index < -0.39 is 11.8 Å². The van der Waals surface area contributed by atoms with E-state index in [1.807, 2.05) is 0 Å². The van der Waals surface area contributed by atoms with E-state index in [2.05, 4.69) is 4.98 Å². The summed E-state index contributed by atoms with van der Waals surface area (Å²) in [5.74, 6) is -1.47. The zero-order valence-electron chi connectivity index (χ0n) is 8.22. The van der Waals surface area contributed by atoms with E-state index in [4.69, 9.17) is 5.11 Å². The highest BCUT2D eigenvalue weighted by atomic mass is 19.1. The number of aromatic nitrogens is 1. The van der Waals surface area contributed by atoms with E-state index in [0.717, 1.165) is 0 Å². The van der Waals surface area contributed by atoms with Gasteiger partial charge in [-0.1, -0.05) is 12.1 Å². The molecule has 0 atom stereocenters. The van der Waals surface area contributed by atoms with Crippen molar-refractivity contribution in [3.05, 3.63) is 54.0 Å². The largest absolute Gasteiger partial charge is 0.478 e. The fourth-order valence-electron chi connectivity index (χ4n) is 1.38. The molecule has 0 aliphatic heterocycles. The molecule has 1 aromatic carbocycles. The van der Waals surface area contributed by atoms with Gasteiger partial charge < -0.3 is 5.11 Å². The molecule has 0 unspecified atom stereocenters. The van der Waals surface area contributed by atoms with Gasteiger partial charge in [-0.15, -0.1) is 0 Å². The lowest BCUT2D eigenvalue weighted by molar-refractivity contribution is 0.0697. The summed E-state index contributed by atoms with van der Waals surface area (Å²) in [7, 11) is 0. The highest BCUT2D eigenvalue weighted by Gasteiger charge is 2.08. The molecule has 4 heteroatoms. The molecule has 0 spiro atoms. The molecule has 0 aliphatic rings. The monoisotopic (exact) mass is 217 g/mol.